The molecule has 0 aromatic heterocycles. The van der Waals surface area contributed by atoms with Crippen LogP contribution in [0.25, 0.3) is 0 Å². The maximum Gasteiger partial charge on any atom is 0.229 e. The molecule has 3 nitrogen and oxygen atoms in total. The zero-order valence-electron chi connectivity index (χ0n) is 11.4. The van der Waals surface area contributed by atoms with Crippen molar-refractivity contribution in [2.24, 2.45) is 0 Å². The highest BCUT2D eigenvalue weighted by molar-refractivity contribution is 4.73. The van der Waals surface area contributed by atoms with Gasteiger partial charge in [-0.2, -0.15) is 0 Å². The Labute approximate surface area is 101 Å². The summed E-state index contributed by atoms with van der Waals surface area (Å²) in [5, 5.41) is 0. The van der Waals surface area contributed by atoms with Crippen LogP contribution in [0.4, 0.5) is 0 Å². The molecule has 0 saturated heterocycles. The van der Waals surface area contributed by atoms with Crippen molar-refractivity contribution in [2.45, 2.75) is 51.9 Å². The third-order valence-electron chi connectivity index (χ3n) is 3.00. The highest BCUT2D eigenvalue weighted by Crippen LogP contribution is 2.22. The number of hydrogen-bond acceptors (Lipinski definition) is 3. The lowest BCUT2D eigenvalue weighted by Gasteiger charge is -2.40. The zero-order chi connectivity index (χ0) is 12.4. The summed E-state index contributed by atoms with van der Waals surface area (Å²) < 4.78 is 11.1. The van der Waals surface area contributed by atoms with Gasteiger partial charge in [0.1, 0.15) is 0 Å². The summed E-state index contributed by atoms with van der Waals surface area (Å²) in [4.78, 5) is 2.27. The minimum Gasteiger partial charge on any atom is -0.341 e. The van der Waals surface area contributed by atoms with Crippen molar-refractivity contribution >= 4 is 0 Å². The fraction of sp³-hybridized carbons (Fsp3) is 0.923. The van der Waals surface area contributed by atoms with Crippen LogP contribution in [0.1, 0.15) is 46.0 Å². The van der Waals surface area contributed by atoms with Gasteiger partial charge in [-0.1, -0.05) is 26.7 Å². The van der Waals surface area contributed by atoms with Gasteiger partial charge in [0.2, 0.25) is 5.91 Å². The molecule has 3 heteroatoms. The van der Waals surface area contributed by atoms with Crippen LogP contribution in [0.3, 0.4) is 0 Å². The molecule has 0 spiro atoms. The molecule has 0 N–H and O–H groups in total. The van der Waals surface area contributed by atoms with Gasteiger partial charge in [-0.15, -0.1) is 0 Å². The number of methoxy groups -OCH3 is 2. The predicted molar refractivity (Wildman–Crippen MR) is 68.1 cm³/mol. The second kappa shape index (κ2) is 8.97. The second-order valence-corrected chi connectivity index (χ2v) is 4.07. The molecule has 97 valence electrons. The van der Waals surface area contributed by atoms with Crippen LogP contribution in [0.5, 0.6) is 0 Å². The Hall–Kier alpha value is -0.120. The summed E-state index contributed by atoms with van der Waals surface area (Å²) in [6.45, 7) is 10.4. The Balaban J connectivity index is 4.52. The van der Waals surface area contributed by atoms with E-state index in [4.69, 9.17) is 9.47 Å². The van der Waals surface area contributed by atoms with Crippen molar-refractivity contribution < 1.29 is 9.47 Å². The lowest BCUT2D eigenvalue weighted by atomic mass is 10.2. The molecule has 0 amide bonds. The molecule has 0 aliphatic rings. The third kappa shape index (κ3) is 4.40. The molecule has 0 aromatic carbocycles. The number of unbranched alkanes of at least 4 members (excludes halogenated alkanes) is 2. The van der Waals surface area contributed by atoms with Crippen LogP contribution >= 0.6 is 0 Å². The first kappa shape index (κ1) is 15.9. The van der Waals surface area contributed by atoms with Crippen LogP contribution in [0, 0.1) is 6.92 Å². The molecule has 0 bridgehead atoms. The van der Waals surface area contributed by atoms with Crippen molar-refractivity contribution in [1.29, 1.82) is 0 Å². The van der Waals surface area contributed by atoms with Crippen LogP contribution in [-0.2, 0) is 9.47 Å². The van der Waals surface area contributed by atoms with Crippen molar-refractivity contribution in [1.82, 2.24) is 4.90 Å². The normalized spacial score (nSPS) is 12.4. The van der Waals surface area contributed by atoms with Crippen LogP contribution in [0.15, 0.2) is 0 Å². The molecular weight excluding hydrogens is 202 g/mol. The number of nitrogens with zero attached hydrogens (tertiary/aromatic N) is 1. The second-order valence-electron chi connectivity index (χ2n) is 4.07. The molecule has 0 aliphatic heterocycles. The molecule has 0 aromatic rings. The van der Waals surface area contributed by atoms with Crippen molar-refractivity contribution in [2.75, 3.05) is 27.3 Å². The zero-order valence-corrected chi connectivity index (χ0v) is 11.4. The fourth-order valence-corrected chi connectivity index (χ4v) is 1.85. The monoisotopic (exact) mass is 230 g/mol. The summed E-state index contributed by atoms with van der Waals surface area (Å²) in [5.41, 5.74) is 0. The summed E-state index contributed by atoms with van der Waals surface area (Å²) in [5.74, 6) is -0.635. The van der Waals surface area contributed by atoms with Gasteiger partial charge in [0.15, 0.2) is 0 Å². The smallest absolute Gasteiger partial charge is 0.229 e. The molecule has 0 atom stereocenters. The van der Waals surface area contributed by atoms with E-state index in [9.17, 15) is 0 Å². The SMILES string of the molecule is [CH2]CC(OC)(OC)N(CCCC)CCCC. The lowest BCUT2D eigenvalue weighted by molar-refractivity contribution is -0.294. The van der Waals surface area contributed by atoms with E-state index >= 15 is 0 Å². The first-order valence-electron chi connectivity index (χ1n) is 6.35. The van der Waals surface area contributed by atoms with Crippen molar-refractivity contribution in [3.05, 3.63) is 6.92 Å². The molecule has 16 heavy (non-hydrogen) atoms. The summed E-state index contributed by atoms with van der Waals surface area (Å²) >= 11 is 0. The van der Waals surface area contributed by atoms with Gasteiger partial charge >= 0.3 is 0 Å². The third-order valence-corrected chi connectivity index (χ3v) is 3.00. The number of rotatable bonds is 10. The van der Waals surface area contributed by atoms with Gasteiger partial charge in [0, 0.05) is 33.7 Å². The van der Waals surface area contributed by atoms with Gasteiger partial charge in [-0.05, 0) is 19.8 Å². The van der Waals surface area contributed by atoms with Crippen LogP contribution in [-0.4, -0.2) is 38.1 Å². The lowest BCUT2D eigenvalue weighted by Crippen LogP contribution is -2.52. The van der Waals surface area contributed by atoms with Gasteiger partial charge in [-0.25, -0.2) is 0 Å². The minimum absolute atomic E-state index is 0.605. The maximum absolute atomic E-state index is 5.53. The van der Waals surface area contributed by atoms with Gasteiger partial charge < -0.3 is 9.47 Å². The first-order chi connectivity index (χ1) is 7.70. The molecule has 1 radical (unpaired) electrons. The topological polar surface area (TPSA) is 21.7 Å². The number of ether oxygens (including phenoxy) is 2. The highest BCUT2D eigenvalue weighted by Gasteiger charge is 2.34. The van der Waals surface area contributed by atoms with E-state index in [0.717, 1.165) is 25.9 Å². The van der Waals surface area contributed by atoms with E-state index in [1.54, 1.807) is 14.2 Å². The quantitative estimate of drug-likeness (QED) is 0.538. The van der Waals surface area contributed by atoms with Crippen LogP contribution < -0.4 is 0 Å². The van der Waals surface area contributed by atoms with E-state index in [-0.39, 0.29) is 0 Å². The van der Waals surface area contributed by atoms with Gasteiger partial charge in [0.25, 0.3) is 0 Å². The first-order valence-corrected chi connectivity index (χ1v) is 6.35. The van der Waals surface area contributed by atoms with E-state index in [1.807, 2.05) is 0 Å². The summed E-state index contributed by atoms with van der Waals surface area (Å²) in [6.07, 6.45) is 5.30. The Bertz CT molecular complexity index is 142. The Morgan fingerprint density at radius 1 is 1.00 bits per heavy atom. The Kier molecular flexibility index (Phi) is 8.90. The van der Waals surface area contributed by atoms with Crippen LogP contribution in [0.2, 0.25) is 0 Å². The largest absolute Gasteiger partial charge is 0.341 e. The molecule has 0 unspecified atom stereocenters. The average molecular weight is 230 g/mol. The van der Waals surface area contributed by atoms with E-state index in [0.29, 0.717) is 6.42 Å². The van der Waals surface area contributed by atoms with E-state index in [1.165, 1.54) is 12.8 Å². The molecule has 0 heterocycles. The Morgan fingerprint density at radius 3 is 1.69 bits per heavy atom. The maximum atomic E-state index is 5.53. The molecule has 0 aliphatic carbocycles. The summed E-state index contributed by atoms with van der Waals surface area (Å²) in [6, 6.07) is 0. The standard InChI is InChI=1S/C13H28NO2/c1-6-9-11-14(12-10-7-2)13(8-3,15-4)16-5/h3,6-12H2,1-2,4-5H3. The molecule has 0 fully saturated rings. The van der Waals surface area contributed by atoms with Crippen molar-refractivity contribution in [3.63, 3.8) is 0 Å². The van der Waals surface area contributed by atoms with Crippen molar-refractivity contribution in [3.8, 4) is 0 Å². The van der Waals surface area contributed by atoms with E-state index in [2.05, 4.69) is 25.7 Å². The van der Waals surface area contributed by atoms with E-state index < -0.39 is 5.91 Å². The Morgan fingerprint density at radius 2 is 1.44 bits per heavy atom. The van der Waals surface area contributed by atoms with Gasteiger partial charge in [-0.3, -0.25) is 4.90 Å². The molecular formula is C13H28NO2. The average Bonchev–Trinajstić information content (AvgIpc) is 2.34. The highest BCUT2D eigenvalue weighted by atomic mass is 16.7. The summed E-state index contributed by atoms with van der Waals surface area (Å²) in [7, 11) is 3.39. The fourth-order valence-electron chi connectivity index (χ4n) is 1.85. The van der Waals surface area contributed by atoms with Gasteiger partial charge in [0.05, 0.1) is 0 Å². The number of hydrogen-bond donors (Lipinski definition) is 0. The molecule has 0 rings (SSSR count). The minimum atomic E-state index is -0.635. The molecule has 0 saturated carbocycles. The predicted octanol–water partition coefficient (Wildman–Crippen LogP) is 3.06.